The number of thioether (sulfide) groups is 1. The molecule has 140 valence electrons. The predicted octanol–water partition coefficient (Wildman–Crippen LogP) is 3.85. The second-order valence-electron chi connectivity index (χ2n) is 6.37. The van der Waals surface area contributed by atoms with Crippen LogP contribution in [0.3, 0.4) is 0 Å². The molecule has 1 aliphatic rings. The third kappa shape index (κ3) is 4.30. The molecule has 1 fully saturated rings. The fraction of sp³-hybridized carbons (Fsp3) is 0.143. The van der Waals surface area contributed by atoms with Gasteiger partial charge in [-0.1, -0.05) is 29.8 Å². The molecule has 0 unspecified atom stereocenters. The van der Waals surface area contributed by atoms with Gasteiger partial charge >= 0.3 is 0 Å². The van der Waals surface area contributed by atoms with Gasteiger partial charge in [-0.15, -0.1) is 0 Å². The number of nitrogens with zero attached hydrogens (tertiary/aromatic N) is 2. The number of nitriles is 1. The Kier molecular flexibility index (Phi) is 5.62. The van der Waals surface area contributed by atoms with Crippen LogP contribution in [-0.4, -0.2) is 28.5 Å². The number of imide groups is 1. The molecular weight excluding hydrogens is 374 g/mol. The summed E-state index contributed by atoms with van der Waals surface area (Å²) >= 11 is 0.794. The average molecular weight is 391 g/mol. The lowest BCUT2D eigenvalue weighted by Crippen LogP contribution is -2.36. The monoisotopic (exact) mass is 391 g/mol. The summed E-state index contributed by atoms with van der Waals surface area (Å²) in [4.78, 5) is 38.2. The topological polar surface area (TPSA) is 90.3 Å². The van der Waals surface area contributed by atoms with Crippen LogP contribution in [0.1, 0.15) is 22.3 Å². The zero-order valence-electron chi connectivity index (χ0n) is 15.4. The van der Waals surface area contributed by atoms with Crippen molar-refractivity contribution in [3.8, 4) is 6.07 Å². The predicted molar refractivity (Wildman–Crippen MR) is 108 cm³/mol. The summed E-state index contributed by atoms with van der Waals surface area (Å²) in [7, 11) is 0. The maximum Gasteiger partial charge on any atom is 0.294 e. The minimum Gasteiger partial charge on any atom is -0.324 e. The average Bonchev–Trinajstić information content (AvgIpc) is 2.92. The van der Waals surface area contributed by atoms with Gasteiger partial charge in [0, 0.05) is 5.69 Å². The Balaban J connectivity index is 1.70. The Morgan fingerprint density at radius 2 is 1.89 bits per heavy atom. The van der Waals surface area contributed by atoms with E-state index in [1.165, 1.54) is 0 Å². The summed E-state index contributed by atoms with van der Waals surface area (Å²) in [5, 5.41) is 11.1. The van der Waals surface area contributed by atoms with E-state index in [1.807, 2.05) is 32.0 Å². The number of hydrogen-bond acceptors (Lipinski definition) is 5. The highest BCUT2D eigenvalue weighted by Crippen LogP contribution is 2.32. The smallest absolute Gasteiger partial charge is 0.294 e. The van der Waals surface area contributed by atoms with Crippen molar-refractivity contribution in [1.29, 1.82) is 5.26 Å². The quantitative estimate of drug-likeness (QED) is 0.800. The first-order valence-corrected chi connectivity index (χ1v) is 9.31. The highest BCUT2D eigenvalue weighted by molar-refractivity contribution is 8.18. The van der Waals surface area contributed by atoms with Crippen LogP contribution in [0.5, 0.6) is 0 Å². The molecule has 1 saturated heterocycles. The van der Waals surface area contributed by atoms with E-state index < -0.39 is 17.1 Å². The molecule has 2 aromatic carbocycles. The molecule has 3 rings (SSSR count). The van der Waals surface area contributed by atoms with Crippen LogP contribution in [0.4, 0.5) is 10.5 Å². The fourth-order valence-electron chi connectivity index (χ4n) is 2.73. The van der Waals surface area contributed by atoms with E-state index in [0.29, 0.717) is 16.8 Å². The van der Waals surface area contributed by atoms with Crippen LogP contribution in [-0.2, 0) is 9.59 Å². The van der Waals surface area contributed by atoms with Crippen LogP contribution < -0.4 is 5.32 Å². The number of rotatable bonds is 4. The summed E-state index contributed by atoms with van der Waals surface area (Å²) in [6.07, 6.45) is 1.58. The normalized spacial score (nSPS) is 15.0. The second kappa shape index (κ2) is 8.11. The lowest BCUT2D eigenvalue weighted by atomic mass is 10.1. The standard InChI is InChI=1S/C21H17N3O3S/c1-13-3-8-17(14(2)9-13)23-19(25)12-24-20(26)18(28-21(24)27)10-15-4-6-16(11-22)7-5-15/h3-10H,12H2,1-2H3,(H,23,25)/b18-10+. The number of amides is 3. The molecule has 0 saturated carbocycles. The van der Waals surface area contributed by atoms with Crippen molar-refractivity contribution in [1.82, 2.24) is 4.90 Å². The maximum atomic E-state index is 12.5. The van der Waals surface area contributed by atoms with Crippen LogP contribution in [0.15, 0.2) is 47.4 Å². The summed E-state index contributed by atoms with van der Waals surface area (Å²) < 4.78 is 0. The summed E-state index contributed by atoms with van der Waals surface area (Å²) in [6.45, 7) is 3.49. The molecule has 6 nitrogen and oxygen atoms in total. The first-order valence-electron chi connectivity index (χ1n) is 8.50. The van der Waals surface area contributed by atoms with Crippen molar-refractivity contribution in [2.24, 2.45) is 0 Å². The minimum atomic E-state index is -0.505. The summed E-state index contributed by atoms with van der Waals surface area (Å²) in [5.74, 6) is -0.941. The van der Waals surface area contributed by atoms with Crippen molar-refractivity contribution >= 4 is 40.6 Å². The van der Waals surface area contributed by atoms with Crippen molar-refractivity contribution in [2.75, 3.05) is 11.9 Å². The third-order valence-electron chi connectivity index (χ3n) is 4.17. The number of hydrogen-bond donors (Lipinski definition) is 1. The number of aryl methyl sites for hydroxylation is 2. The van der Waals surface area contributed by atoms with Crippen molar-refractivity contribution in [3.63, 3.8) is 0 Å². The maximum absolute atomic E-state index is 12.5. The Morgan fingerprint density at radius 1 is 1.18 bits per heavy atom. The summed E-state index contributed by atoms with van der Waals surface area (Å²) in [6, 6.07) is 14.3. The van der Waals surface area contributed by atoms with Gasteiger partial charge in [-0.05, 0) is 61.0 Å². The van der Waals surface area contributed by atoms with Gasteiger partial charge in [0.2, 0.25) is 5.91 Å². The van der Waals surface area contributed by atoms with Crippen LogP contribution in [0.2, 0.25) is 0 Å². The summed E-state index contributed by atoms with van der Waals surface area (Å²) in [5.41, 5.74) is 3.84. The molecule has 2 aromatic rings. The van der Waals surface area contributed by atoms with Gasteiger partial charge < -0.3 is 5.32 Å². The number of nitrogens with one attached hydrogen (secondary N) is 1. The molecule has 28 heavy (non-hydrogen) atoms. The number of benzene rings is 2. The van der Waals surface area contributed by atoms with E-state index in [-0.39, 0.29) is 11.4 Å². The molecule has 7 heteroatoms. The van der Waals surface area contributed by atoms with Crippen LogP contribution in [0.25, 0.3) is 6.08 Å². The first-order chi connectivity index (χ1) is 13.4. The molecule has 1 heterocycles. The zero-order chi connectivity index (χ0) is 20.3. The third-order valence-corrected chi connectivity index (χ3v) is 5.08. The van der Waals surface area contributed by atoms with Crippen LogP contribution in [0, 0.1) is 25.2 Å². The van der Waals surface area contributed by atoms with Crippen molar-refractivity contribution in [3.05, 3.63) is 69.6 Å². The highest BCUT2D eigenvalue weighted by atomic mass is 32.2. The Morgan fingerprint density at radius 3 is 2.54 bits per heavy atom. The highest BCUT2D eigenvalue weighted by Gasteiger charge is 2.36. The molecule has 0 radical (unpaired) electrons. The second-order valence-corrected chi connectivity index (χ2v) is 7.36. The first kappa shape index (κ1) is 19.4. The van der Waals surface area contributed by atoms with Crippen molar-refractivity contribution in [2.45, 2.75) is 13.8 Å². The van der Waals surface area contributed by atoms with Gasteiger partial charge in [-0.25, -0.2) is 0 Å². The number of anilines is 1. The molecule has 0 bridgehead atoms. The van der Waals surface area contributed by atoms with E-state index in [4.69, 9.17) is 5.26 Å². The van der Waals surface area contributed by atoms with Gasteiger partial charge in [0.1, 0.15) is 6.54 Å². The SMILES string of the molecule is Cc1ccc(NC(=O)CN2C(=O)S/C(=C/c3ccc(C#N)cc3)C2=O)c(C)c1. The molecule has 1 aliphatic heterocycles. The van der Waals surface area contributed by atoms with E-state index in [1.54, 1.807) is 36.4 Å². The van der Waals surface area contributed by atoms with Gasteiger partial charge in [0.15, 0.2) is 0 Å². The number of carbonyl (C=O) groups excluding carboxylic acids is 3. The van der Waals surface area contributed by atoms with E-state index in [2.05, 4.69) is 5.32 Å². The largest absolute Gasteiger partial charge is 0.324 e. The molecule has 1 N–H and O–H groups in total. The number of carbonyl (C=O) groups is 3. The van der Waals surface area contributed by atoms with E-state index in [0.717, 1.165) is 27.8 Å². The van der Waals surface area contributed by atoms with Gasteiger partial charge in [-0.2, -0.15) is 5.26 Å². The van der Waals surface area contributed by atoms with Crippen molar-refractivity contribution < 1.29 is 14.4 Å². The van der Waals surface area contributed by atoms with Gasteiger partial charge in [-0.3, -0.25) is 19.3 Å². The molecular formula is C21H17N3O3S. The lowest BCUT2D eigenvalue weighted by molar-refractivity contribution is -0.127. The zero-order valence-corrected chi connectivity index (χ0v) is 16.2. The van der Waals surface area contributed by atoms with E-state index >= 15 is 0 Å². The fourth-order valence-corrected chi connectivity index (χ4v) is 3.57. The minimum absolute atomic E-state index is 0.244. The molecule has 3 amide bonds. The van der Waals surface area contributed by atoms with Crippen LogP contribution >= 0.6 is 11.8 Å². The molecule has 0 aliphatic carbocycles. The Bertz CT molecular complexity index is 1040. The van der Waals surface area contributed by atoms with Gasteiger partial charge in [0.05, 0.1) is 16.5 Å². The lowest BCUT2D eigenvalue weighted by Gasteiger charge is -2.14. The molecule has 0 spiro atoms. The molecule has 0 atom stereocenters. The Labute approximate surface area is 166 Å². The van der Waals surface area contributed by atoms with Gasteiger partial charge in [0.25, 0.3) is 11.1 Å². The van der Waals surface area contributed by atoms with E-state index in [9.17, 15) is 14.4 Å². The Hall–Kier alpha value is -3.37. The molecule has 0 aromatic heterocycles.